The van der Waals surface area contributed by atoms with E-state index >= 15 is 0 Å². The van der Waals surface area contributed by atoms with Crippen LogP contribution in [0.3, 0.4) is 0 Å². The lowest BCUT2D eigenvalue weighted by molar-refractivity contribution is -0.137. The first-order valence-electron chi connectivity index (χ1n) is 8.78. The topological polar surface area (TPSA) is 86.5 Å². The summed E-state index contributed by atoms with van der Waals surface area (Å²) >= 11 is 0. The Labute approximate surface area is 159 Å². The first-order valence-corrected chi connectivity index (χ1v) is 8.78. The average molecular weight is 395 g/mol. The number of carbonyl (C=O) groups is 1. The van der Waals surface area contributed by atoms with Crippen molar-refractivity contribution < 1.29 is 27.4 Å². The van der Waals surface area contributed by atoms with Gasteiger partial charge in [-0.25, -0.2) is 4.98 Å². The molecule has 1 aromatic heterocycles. The lowest BCUT2D eigenvalue weighted by Gasteiger charge is -2.26. The summed E-state index contributed by atoms with van der Waals surface area (Å²) in [6.45, 7) is 1.20. The van der Waals surface area contributed by atoms with E-state index in [0.717, 1.165) is 25.0 Å². The number of pyridine rings is 1. The molecule has 1 aromatic carbocycles. The van der Waals surface area contributed by atoms with Crippen molar-refractivity contribution >= 4 is 11.6 Å². The van der Waals surface area contributed by atoms with Gasteiger partial charge in [0.05, 0.1) is 23.5 Å². The molecule has 1 unspecified atom stereocenters. The second-order valence-corrected chi connectivity index (χ2v) is 6.47. The molecular formula is C19H20F3N3O3. The highest BCUT2D eigenvalue weighted by molar-refractivity contribution is 5.94. The minimum Gasteiger partial charge on any atom is -0.439 e. The van der Waals surface area contributed by atoms with E-state index in [-0.39, 0.29) is 23.5 Å². The van der Waals surface area contributed by atoms with Crippen molar-refractivity contribution in [2.24, 2.45) is 11.7 Å². The van der Waals surface area contributed by atoms with Crippen molar-refractivity contribution in [1.29, 1.82) is 0 Å². The van der Waals surface area contributed by atoms with Crippen LogP contribution >= 0.6 is 0 Å². The molecule has 0 radical (unpaired) electrons. The molecule has 2 aromatic rings. The number of ether oxygens (including phenoxy) is 2. The molecule has 28 heavy (non-hydrogen) atoms. The van der Waals surface area contributed by atoms with Crippen LogP contribution in [0.2, 0.25) is 0 Å². The molecule has 1 amide bonds. The van der Waals surface area contributed by atoms with Gasteiger partial charge in [0.15, 0.2) is 0 Å². The van der Waals surface area contributed by atoms with Gasteiger partial charge < -0.3 is 20.5 Å². The Morgan fingerprint density at radius 2 is 1.86 bits per heavy atom. The van der Waals surface area contributed by atoms with Gasteiger partial charge in [0, 0.05) is 19.3 Å². The third-order valence-corrected chi connectivity index (χ3v) is 4.48. The van der Waals surface area contributed by atoms with Crippen molar-refractivity contribution in [2.45, 2.75) is 25.1 Å². The fraction of sp³-hybridized carbons (Fsp3) is 0.368. The quantitative estimate of drug-likeness (QED) is 0.808. The maximum Gasteiger partial charge on any atom is 0.416 e. The first-order chi connectivity index (χ1) is 13.3. The molecule has 3 rings (SSSR count). The van der Waals surface area contributed by atoms with Crippen molar-refractivity contribution in [3.05, 3.63) is 48.2 Å². The van der Waals surface area contributed by atoms with Crippen molar-refractivity contribution in [2.75, 3.05) is 18.5 Å². The van der Waals surface area contributed by atoms with Gasteiger partial charge in [0.1, 0.15) is 5.75 Å². The predicted octanol–water partition coefficient (Wildman–Crippen LogP) is 3.59. The minimum absolute atomic E-state index is 0.0731. The highest BCUT2D eigenvalue weighted by Gasteiger charge is 2.30. The summed E-state index contributed by atoms with van der Waals surface area (Å²) in [6, 6.07) is 6.75. The Hall–Kier alpha value is -2.65. The molecule has 0 saturated carbocycles. The summed E-state index contributed by atoms with van der Waals surface area (Å²) in [6.07, 6.45) is -1.52. The molecule has 1 fully saturated rings. The number of nitrogens with two attached hydrogens (primary N) is 1. The van der Waals surface area contributed by atoms with Crippen LogP contribution in [-0.4, -0.2) is 30.1 Å². The van der Waals surface area contributed by atoms with Crippen LogP contribution in [0.4, 0.5) is 18.9 Å². The maximum atomic E-state index is 12.6. The number of aromatic nitrogens is 1. The van der Waals surface area contributed by atoms with E-state index in [1.165, 1.54) is 24.4 Å². The van der Waals surface area contributed by atoms with Gasteiger partial charge in [-0.3, -0.25) is 4.79 Å². The van der Waals surface area contributed by atoms with Crippen LogP contribution in [0.5, 0.6) is 11.6 Å². The number of nitrogens with one attached hydrogen (secondary N) is 1. The van der Waals surface area contributed by atoms with Crippen LogP contribution in [0.15, 0.2) is 42.6 Å². The number of benzene rings is 1. The average Bonchev–Trinajstić information content (AvgIpc) is 2.69. The zero-order valence-electron chi connectivity index (χ0n) is 14.9. The molecule has 0 spiro atoms. The molecule has 0 bridgehead atoms. The maximum absolute atomic E-state index is 12.6. The Kier molecular flexibility index (Phi) is 6.15. The second kappa shape index (κ2) is 8.57. The molecule has 9 heteroatoms. The molecule has 2 heterocycles. The van der Waals surface area contributed by atoms with E-state index in [9.17, 15) is 18.0 Å². The van der Waals surface area contributed by atoms with Crippen LogP contribution < -0.4 is 15.8 Å². The molecule has 1 saturated heterocycles. The van der Waals surface area contributed by atoms with Crippen LogP contribution in [0.1, 0.15) is 18.4 Å². The van der Waals surface area contributed by atoms with E-state index in [1.54, 1.807) is 6.07 Å². The van der Waals surface area contributed by atoms with E-state index < -0.39 is 17.8 Å². The lowest BCUT2D eigenvalue weighted by Crippen LogP contribution is -2.44. The summed E-state index contributed by atoms with van der Waals surface area (Å²) in [5, 5.41) is 2.71. The lowest BCUT2D eigenvalue weighted by atomic mass is 9.92. The van der Waals surface area contributed by atoms with Crippen molar-refractivity contribution in [3.8, 4) is 11.6 Å². The summed E-state index contributed by atoms with van der Waals surface area (Å²) in [4.78, 5) is 16.3. The summed E-state index contributed by atoms with van der Waals surface area (Å²) in [5.41, 5.74) is 5.72. The van der Waals surface area contributed by atoms with Crippen LogP contribution in [-0.2, 0) is 15.7 Å². The summed E-state index contributed by atoms with van der Waals surface area (Å²) < 4.78 is 48.4. The van der Waals surface area contributed by atoms with Gasteiger partial charge in [0.2, 0.25) is 11.8 Å². The summed E-state index contributed by atoms with van der Waals surface area (Å²) in [7, 11) is 0. The first kappa shape index (κ1) is 20.1. The molecule has 0 aliphatic carbocycles. The predicted molar refractivity (Wildman–Crippen MR) is 95.9 cm³/mol. The number of alkyl halides is 3. The van der Waals surface area contributed by atoms with Crippen LogP contribution in [0, 0.1) is 5.92 Å². The number of carbonyl (C=O) groups excluding carboxylic acids is 1. The Morgan fingerprint density at radius 1 is 1.18 bits per heavy atom. The Morgan fingerprint density at radius 3 is 2.43 bits per heavy atom. The standard InChI is InChI=1S/C19H20F3N3O3/c20-19(21,22)13-1-4-15(5-2-13)28-16-6-3-14(11-24-16)25-18(26)17(23)12-7-9-27-10-8-12/h1-6,11-12,17H,7-10,23H2,(H,25,26). The number of hydrogen-bond donors (Lipinski definition) is 2. The SMILES string of the molecule is NC(C(=O)Nc1ccc(Oc2ccc(C(F)(F)F)cc2)nc1)C1CCOCC1. The van der Waals surface area contributed by atoms with Crippen molar-refractivity contribution in [1.82, 2.24) is 4.98 Å². The van der Waals surface area contributed by atoms with Crippen LogP contribution in [0.25, 0.3) is 0 Å². The number of hydrogen-bond acceptors (Lipinski definition) is 5. The van der Waals surface area contributed by atoms with Gasteiger partial charge in [0.25, 0.3) is 0 Å². The van der Waals surface area contributed by atoms with Gasteiger partial charge in [-0.2, -0.15) is 13.2 Å². The van der Waals surface area contributed by atoms with Gasteiger partial charge in [-0.15, -0.1) is 0 Å². The monoisotopic (exact) mass is 395 g/mol. The van der Waals surface area contributed by atoms with Gasteiger partial charge in [-0.05, 0) is 49.1 Å². The minimum atomic E-state index is -4.40. The summed E-state index contributed by atoms with van der Waals surface area (Å²) in [5.74, 6) is 0.180. The molecular weight excluding hydrogens is 375 g/mol. The van der Waals surface area contributed by atoms with E-state index in [0.29, 0.717) is 18.9 Å². The third kappa shape index (κ3) is 5.20. The molecule has 1 aliphatic heterocycles. The largest absolute Gasteiger partial charge is 0.439 e. The molecule has 6 nitrogen and oxygen atoms in total. The number of anilines is 1. The fourth-order valence-electron chi connectivity index (χ4n) is 2.86. The molecule has 150 valence electrons. The van der Waals surface area contributed by atoms with E-state index in [1.807, 2.05) is 0 Å². The molecule has 1 aliphatic rings. The molecule has 1 atom stereocenters. The highest BCUT2D eigenvalue weighted by atomic mass is 19.4. The van der Waals surface area contributed by atoms with Crippen molar-refractivity contribution in [3.63, 3.8) is 0 Å². The van der Waals surface area contributed by atoms with Gasteiger partial charge in [-0.1, -0.05) is 0 Å². The molecule has 3 N–H and O–H groups in total. The number of halogens is 3. The zero-order valence-corrected chi connectivity index (χ0v) is 14.9. The normalized spacial score (nSPS) is 16.4. The highest BCUT2D eigenvalue weighted by Crippen LogP contribution is 2.31. The Balaban J connectivity index is 1.56. The fourth-order valence-corrected chi connectivity index (χ4v) is 2.86. The number of nitrogens with zero attached hydrogens (tertiary/aromatic N) is 1. The Bertz CT molecular complexity index is 789. The number of rotatable bonds is 5. The van der Waals surface area contributed by atoms with E-state index in [4.69, 9.17) is 15.2 Å². The number of amides is 1. The zero-order chi connectivity index (χ0) is 20.1. The smallest absolute Gasteiger partial charge is 0.416 e. The van der Waals surface area contributed by atoms with Gasteiger partial charge >= 0.3 is 6.18 Å². The van der Waals surface area contributed by atoms with E-state index in [2.05, 4.69) is 10.3 Å². The third-order valence-electron chi connectivity index (χ3n) is 4.48. The second-order valence-electron chi connectivity index (χ2n) is 6.47.